The molecule has 0 saturated carbocycles. The lowest BCUT2D eigenvalue weighted by Gasteiger charge is -2.16. The van der Waals surface area contributed by atoms with Crippen molar-refractivity contribution in [2.45, 2.75) is 12.5 Å². The number of benzene rings is 1. The van der Waals surface area contributed by atoms with Gasteiger partial charge in [0.05, 0.1) is 6.20 Å². The number of hydrogen-bond acceptors (Lipinski definition) is 4. The summed E-state index contributed by atoms with van der Waals surface area (Å²) < 4.78 is 1.79. The smallest absolute Gasteiger partial charge is 0.248 e. The highest BCUT2D eigenvalue weighted by Crippen LogP contribution is 2.33. The zero-order valence-electron chi connectivity index (χ0n) is 13.2. The molecule has 1 saturated heterocycles. The number of likely N-dealkylation sites (tertiary alicyclic amines) is 1. The third-order valence-electron chi connectivity index (χ3n) is 4.52. The maximum atomic E-state index is 11.3. The van der Waals surface area contributed by atoms with E-state index < -0.39 is 5.91 Å². The minimum absolute atomic E-state index is 0.164. The van der Waals surface area contributed by atoms with Crippen LogP contribution in [0, 0.1) is 5.92 Å². The number of amides is 1. The zero-order chi connectivity index (χ0) is 16.4. The van der Waals surface area contributed by atoms with Crippen LogP contribution in [0.1, 0.15) is 27.4 Å². The van der Waals surface area contributed by atoms with Gasteiger partial charge in [-0.1, -0.05) is 12.1 Å². The fourth-order valence-electron chi connectivity index (χ4n) is 3.37. The van der Waals surface area contributed by atoms with Crippen LogP contribution >= 0.6 is 0 Å². The molecule has 0 unspecified atom stereocenters. The number of rotatable bonds is 5. The van der Waals surface area contributed by atoms with E-state index in [2.05, 4.69) is 10.00 Å². The normalized spacial score (nSPS) is 21.7. The molecule has 6 nitrogen and oxygen atoms in total. The molecule has 0 bridgehead atoms. The number of carbonyl (C=O) groups excluding carboxylic acids is 1. The lowest BCUT2D eigenvalue weighted by molar-refractivity contribution is 0.1000. The van der Waals surface area contributed by atoms with Gasteiger partial charge in [0, 0.05) is 56.9 Å². The summed E-state index contributed by atoms with van der Waals surface area (Å²) in [5.41, 5.74) is 8.10. The van der Waals surface area contributed by atoms with Crippen molar-refractivity contribution in [3.8, 4) is 0 Å². The number of primary amides is 1. The zero-order valence-corrected chi connectivity index (χ0v) is 13.2. The summed E-state index contributed by atoms with van der Waals surface area (Å²) in [5, 5.41) is 13.9. The summed E-state index contributed by atoms with van der Waals surface area (Å²) in [6.07, 6.45) is 3.90. The molecule has 2 aromatic rings. The van der Waals surface area contributed by atoms with E-state index >= 15 is 0 Å². The van der Waals surface area contributed by atoms with Gasteiger partial charge in [0.15, 0.2) is 0 Å². The molecule has 1 fully saturated rings. The minimum Gasteiger partial charge on any atom is -0.396 e. The van der Waals surface area contributed by atoms with Gasteiger partial charge < -0.3 is 10.8 Å². The highest BCUT2D eigenvalue weighted by atomic mass is 16.3. The number of nitrogens with zero attached hydrogens (tertiary/aromatic N) is 3. The van der Waals surface area contributed by atoms with Crippen molar-refractivity contribution in [2.75, 3.05) is 19.7 Å². The second-order valence-electron chi connectivity index (χ2n) is 6.26. The molecule has 1 amide bonds. The molecule has 6 heteroatoms. The Labute approximate surface area is 135 Å². The average molecular weight is 314 g/mol. The van der Waals surface area contributed by atoms with Crippen molar-refractivity contribution < 1.29 is 9.90 Å². The second kappa shape index (κ2) is 6.52. The largest absolute Gasteiger partial charge is 0.396 e. The van der Waals surface area contributed by atoms with Gasteiger partial charge in [-0.15, -0.1) is 0 Å². The van der Waals surface area contributed by atoms with Crippen LogP contribution < -0.4 is 5.73 Å². The van der Waals surface area contributed by atoms with Crippen LogP contribution in [0.25, 0.3) is 0 Å². The number of carbonyl (C=O) groups is 1. The van der Waals surface area contributed by atoms with Gasteiger partial charge in [-0.05, 0) is 23.3 Å². The Morgan fingerprint density at radius 3 is 2.91 bits per heavy atom. The van der Waals surface area contributed by atoms with Crippen LogP contribution in [-0.2, 0) is 13.6 Å². The van der Waals surface area contributed by atoms with Crippen LogP contribution in [0.3, 0.4) is 0 Å². The molecule has 0 radical (unpaired) electrons. The molecule has 1 aliphatic rings. The van der Waals surface area contributed by atoms with E-state index in [0.717, 1.165) is 25.2 Å². The number of nitrogens with two attached hydrogens (primary N) is 1. The molecule has 2 atom stereocenters. The van der Waals surface area contributed by atoms with Crippen molar-refractivity contribution in [2.24, 2.45) is 18.7 Å². The van der Waals surface area contributed by atoms with Crippen LogP contribution in [0.15, 0.2) is 36.7 Å². The molecule has 122 valence electrons. The first-order valence-corrected chi connectivity index (χ1v) is 7.77. The van der Waals surface area contributed by atoms with Gasteiger partial charge in [-0.25, -0.2) is 0 Å². The molecule has 3 rings (SSSR count). The Balaban J connectivity index is 1.72. The second-order valence-corrected chi connectivity index (χ2v) is 6.26. The number of hydrogen-bond donors (Lipinski definition) is 2. The third-order valence-corrected chi connectivity index (χ3v) is 4.52. The Kier molecular flexibility index (Phi) is 4.45. The predicted molar refractivity (Wildman–Crippen MR) is 86.8 cm³/mol. The summed E-state index contributed by atoms with van der Waals surface area (Å²) in [6, 6.07) is 7.42. The van der Waals surface area contributed by atoms with E-state index in [-0.39, 0.29) is 18.4 Å². The summed E-state index contributed by atoms with van der Waals surface area (Å²) in [4.78, 5) is 13.6. The fraction of sp³-hybridized carbons (Fsp3) is 0.412. The van der Waals surface area contributed by atoms with E-state index in [4.69, 9.17) is 5.73 Å². The third kappa shape index (κ3) is 3.43. The van der Waals surface area contributed by atoms with Crippen LogP contribution in [-0.4, -0.2) is 45.4 Å². The predicted octanol–water partition coefficient (Wildman–Crippen LogP) is 0.727. The first-order chi connectivity index (χ1) is 11.1. The molecule has 0 spiro atoms. The molecule has 0 aliphatic carbocycles. The molecule has 2 heterocycles. The van der Waals surface area contributed by atoms with E-state index in [1.807, 2.05) is 37.6 Å². The molecule has 3 N–H and O–H groups in total. The quantitative estimate of drug-likeness (QED) is 0.852. The van der Waals surface area contributed by atoms with Gasteiger partial charge in [0.1, 0.15) is 0 Å². The Morgan fingerprint density at radius 1 is 1.43 bits per heavy atom. The van der Waals surface area contributed by atoms with Crippen LogP contribution in [0.2, 0.25) is 0 Å². The van der Waals surface area contributed by atoms with Gasteiger partial charge in [-0.3, -0.25) is 14.4 Å². The highest BCUT2D eigenvalue weighted by Gasteiger charge is 2.33. The van der Waals surface area contributed by atoms with E-state index in [1.54, 1.807) is 10.7 Å². The molecular formula is C17H22N4O2. The maximum absolute atomic E-state index is 11.3. The van der Waals surface area contributed by atoms with Crippen molar-refractivity contribution in [1.82, 2.24) is 14.7 Å². The topological polar surface area (TPSA) is 84.4 Å². The lowest BCUT2D eigenvalue weighted by Crippen LogP contribution is -2.21. The summed E-state index contributed by atoms with van der Waals surface area (Å²) in [7, 11) is 1.90. The highest BCUT2D eigenvalue weighted by molar-refractivity contribution is 5.92. The molecular weight excluding hydrogens is 292 g/mol. The van der Waals surface area contributed by atoms with Gasteiger partial charge in [0.2, 0.25) is 5.91 Å². The van der Waals surface area contributed by atoms with Gasteiger partial charge >= 0.3 is 0 Å². The summed E-state index contributed by atoms with van der Waals surface area (Å²) in [5.74, 6) is 0.0845. The molecule has 1 aliphatic heterocycles. The first-order valence-electron chi connectivity index (χ1n) is 7.77. The average Bonchev–Trinajstić information content (AvgIpc) is 3.13. The Hall–Kier alpha value is -2.18. The number of aryl methyl sites for hydroxylation is 1. The SMILES string of the molecule is Cn1cc([C@@H]2CN(Cc3cccc(C(N)=O)c3)C[C@H]2CO)cn1. The van der Waals surface area contributed by atoms with E-state index in [0.29, 0.717) is 5.56 Å². The lowest BCUT2D eigenvalue weighted by atomic mass is 9.92. The fourth-order valence-corrected chi connectivity index (χ4v) is 3.37. The van der Waals surface area contributed by atoms with Crippen molar-refractivity contribution in [3.63, 3.8) is 0 Å². The van der Waals surface area contributed by atoms with Crippen molar-refractivity contribution >= 4 is 5.91 Å². The number of aromatic nitrogens is 2. The Morgan fingerprint density at radius 2 is 2.26 bits per heavy atom. The van der Waals surface area contributed by atoms with Crippen LogP contribution in [0.4, 0.5) is 0 Å². The number of aliphatic hydroxyl groups is 1. The standard InChI is InChI=1S/C17H22N4O2/c1-20-8-14(6-19-20)16-10-21(9-15(16)11-22)7-12-3-2-4-13(5-12)17(18)23/h2-6,8,15-16,22H,7,9-11H2,1H3,(H2,18,23)/t15-,16-/m0/s1. The van der Waals surface area contributed by atoms with Gasteiger partial charge in [0.25, 0.3) is 0 Å². The summed E-state index contributed by atoms with van der Waals surface area (Å²) in [6.45, 7) is 2.61. The first kappa shape index (κ1) is 15.7. The molecule has 1 aromatic heterocycles. The molecule has 1 aromatic carbocycles. The number of aliphatic hydroxyl groups excluding tert-OH is 1. The van der Waals surface area contributed by atoms with Crippen molar-refractivity contribution in [1.29, 1.82) is 0 Å². The summed E-state index contributed by atoms with van der Waals surface area (Å²) >= 11 is 0. The molecule has 23 heavy (non-hydrogen) atoms. The van der Waals surface area contributed by atoms with Gasteiger partial charge in [-0.2, -0.15) is 5.10 Å². The minimum atomic E-state index is -0.408. The van der Waals surface area contributed by atoms with E-state index in [9.17, 15) is 9.90 Å². The van der Waals surface area contributed by atoms with Crippen molar-refractivity contribution in [3.05, 3.63) is 53.3 Å². The van der Waals surface area contributed by atoms with E-state index in [1.165, 1.54) is 5.56 Å². The van der Waals surface area contributed by atoms with Crippen LogP contribution in [0.5, 0.6) is 0 Å². The maximum Gasteiger partial charge on any atom is 0.248 e. The monoisotopic (exact) mass is 314 g/mol. The Bertz CT molecular complexity index is 697.